The van der Waals surface area contributed by atoms with E-state index in [1.807, 2.05) is 12.1 Å². The van der Waals surface area contributed by atoms with Crippen molar-refractivity contribution in [2.45, 2.75) is 123 Å². The second-order valence-corrected chi connectivity index (χ2v) is 11.4. The lowest BCUT2D eigenvalue weighted by Gasteiger charge is -2.13. The van der Waals surface area contributed by atoms with Crippen molar-refractivity contribution in [3.05, 3.63) is 29.6 Å². The molecule has 0 bridgehead atoms. The zero-order chi connectivity index (χ0) is 26.9. The van der Waals surface area contributed by atoms with Crippen molar-refractivity contribution in [2.24, 2.45) is 0 Å². The molecule has 0 fully saturated rings. The molecule has 6 heteroatoms. The molecule has 0 aliphatic carbocycles. The molecule has 0 aliphatic rings. The number of unbranched alkanes of at least 4 members (excludes halogenated alkanes) is 14. The van der Waals surface area contributed by atoms with Gasteiger partial charge in [0.25, 0.3) is 5.91 Å². The van der Waals surface area contributed by atoms with E-state index in [2.05, 4.69) is 36.6 Å². The number of hydrogen-bond acceptors (Lipinski definition) is 3. The van der Waals surface area contributed by atoms with Crippen molar-refractivity contribution in [3.8, 4) is 0 Å². The van der Waals surface area contributed by atoms with Crippen LogP contribution >= 0.6 is 12.4 Å². The van der Waals surface area contributed by atoms with Crippen LogP contribution in [0.25, 0.3) is 11.0 Å². The van der Waals surface area contributed by atoms with Gasteiger partial charge in [-0.15, -0.1) is 12.4 Å². The van der Waals surface area contributed by atoms with E-state index in [9.17, 15) is 4.79 Å². The molecule has 1 aromatic heterocycles. The molecule has 5 nitrogen and oxygen atoms in total. The van der Waals surface area contributed by atoms with Crippen molar-refractivity contribution in [1.82, 2.24) is 19.4 Å². The fourth-order valence-corrected chi connectivity index (χ4v) is 5.21. The SMILES string of the molecule is CCCCCCCCCCCCCCCCCc1nc2cc(C(=O)N(C)C)ccc2n1CCCN(C)C.Cl. The Labute approximate surface area is 240 Å². The summed E-state index contributed by atoms with van der Waals surface area (Å²) in [7, 11) is 7.85. The number of imidazole rings is 1. The van der Waals surface area contributed by atoms with Crippen LogP contribution in [0.4, 0.5) is 0 Å². The van der Waals surface area contributed by atoms with Crippen molar-refractivity contribution in [1.29, 1.82) is 0 Å². The summed E-state index contributed by atoms with van der Waals surface area (Å²) in [5.41, 5.74) is 2.83. The number of fused-ring (bicyclic) bond motifs is 1. The quantitative estimate of drug-likeness (QED) is 0.147. The third-order valence-corrected chi connectivity index (χ3v) is 7.47. The average molecular weight is 549 g/mol. The minimum atomic E-state index is 0. The van der Waals surface area contributed by atoms with Crippen LogP contribution in [0.5, 0.6) is 0 Å². The van der Waals surface area contributed by atoms with Gasteiger partial charge in [0, 0.05) is 32.6 Å². The Kier molecular flexibility index (Phi) is 18.4. The number of carbonyl (C=O) groups is 1. The smallest absolute Gasteiger partial charge is 0.253 e. The van der Waals surface area contributed by atoms with E-state index in [-0.39, 0.29) is 18.3 Å². The van der Waals surface area contributed by atoms with Gasteiger partial charge >= 0.3 is 0 Å². The normalized spacial score (nSPS) is 11.3. The summed E-state index contributed by atoms with van der Waals surface area (Å²) in [6.07, 6.45) is 22.9. The first-order valence-corrected chi connectivity index (χ1v) is 15.3. The van der Waals surface area contributed by atoms with E-state index in [0.29, 0.717) is 5.56 Å². The van der Waals surface area contributed by atoms with E-state index >= 15 is 0 Å². The van der Waals surface area contributed by atoms with Crippen LogP contribution in [0.2, 0.25) is 0 Å². The molecular weight excluding hydrogens is 492 g/mol. The van der Waals surface area contributed by atoms with Crippen LogP contribution in [0.15, 0.2) is 18.2 Å². The lowest BCUT2D eigenvalue weighted by atomic mass is 10.0. The van der Waals surface area contributed by atoms with Crippen LogP contribution in [0.3, 0.4) is 0 Å². The topological polar surface area (TPSA) is 41.4 Å². The summed E-state index contributed by atoms with van der Waals surface area (Å²) < 4.78 is 2.40. The molecule has 0 atom stereocenters. The second kappa shape index (κ2) is 20.3. The molecule has 1 aromatic carbocycles. The Balaban J connectivity index is 0.00000722. The van der Waals surface area contributed by atoms with Crippen molar-refractivity contribution in [2.75, 3.05) is 34.7 Å². The van der Waals surface area contributed by atoms with Gasteiger partial charge in [-0.25, -0.2) is 4.98 Å². The lowest BCUT2D eigenvalue weighted by molar-refractivity contribution is 0.0827. The number of halogens is 1. The maximum absolute atomic E-state index is 12.4. The first-order chi connectivity index (χ1) is 17.9. The molecule has 38 heavy (non-hydrogen) atoms. The number of carbonyl (C=O) groups excluding carboxylic acids is 1. The van der Waals surface area contributed by atoms with E-state index < -0.39 is 0 Å². The molecule has 218 valence electrons. The maximum atomic E-state index is 12.4. The minimum absolute atomic E-state index is 0. The highest BCUT2D eigenvalue weighted by molar-refractivity contribution is 5.97. The number of aryl methyl sites for hydroxylation is 2. The van der Waals surface area contributed by atoms with Gasteiger partial charge in [0.2, 0.25) is 0 Å². The van der Waals surface area contributed by atoms with E-state index in [1.165, 1.54) is 102 Å². The molecule has 0 spiro atoms. The molecule has 0 saturated carbocycles. The van der Waals surface area contributed by atoms with Gasteiger partial charge in [0.15, 0.2) is 0 Å². The maximum Gasteiger partial charge on any atom is 0.253 e. The van der Waals surface area contributed by atoms with Crippen LogP contribution in [0, 0.1) is 0 Å². The zero-order valence-corrected chi connectivity index (χ0v) is 26.1. The van der Waals surface area contributed by atoms with Gasteiger partial charge in [-0.2, -0.15) is 0 Å². The van der Waals surface area contributed by atoms with E-state index in [1.54, 1.807) is 19.0 Å². The highest BCUT2D eigenvalue weighted by atomic mass is 35.5. The van der Waals surface area contributed by atoms with Crippen LogP contribution in [-0.4, -0.2) is 60.0 Å². The largest absolute Gasteiger partial charge is 0.345 e. The zero-order valence-electron chi connectivity index (χ0n) is 25.3. The minimum Gasteiger partial charge on any atom is -0.345 e. The Morgan fingerprint density at radius 2 is 1.29 bits per heavy atom. The van der Waals surface area contributed by atoms with Gasteiger partial charge in [0.05, 0.1) is 11.0 Å². The average Bonchev–Trinajstić information content (AvgIpc) is 3.22. The number of aromatic nitrogens is 2. The first-order valence-electron chi connectivity index (χ1n) is 15.3. The third-order valence-electron chi connectivity index (χ3n) is 7.47. The molecular formula is C32H57ClN4O. The Morgan fingerprint density at radius 1 is 0.763 bits per heavy atom. The summed E-state index contributed by atoms with van der Waals surface area (Å²) in [6.45, 7) is 4.33. The Morgan fingerprint density at radius 3 is 1.79 bits per heavy atom. The van der Waals surface area contributed by atoms with Gasteiger partial charge in [0.1, 0.15) is 5.82 Å². The fourth-order valence-electron chi connectivity index (χ4n) is 5.21. The molecule has 2 aromatic rings. The highest BCUT2D eigenvalue weighted by Crippen LogP contribution is 2.21. The van der Waals surface area contributed by atoms with Gasteiger partial charge in [-0.05, 0) is 51.7 Å². The molecule has 0 saturated heterocycles. The molecule has 0 N–H and O–H groups in total. The second-order valence-electron chi connectivity index (χ2n) is 11.4. The van der Waals surface area contributed by atoms with Gasteiger partial charge < -0.3 is 14.4 Å². The summed E-state index contributed by atoms with van der Waals surface area (Å²) >= 11 is 0. The van der Waals surface area contributed by atoms with Crippen molar-refractivity contribution in [3.63, 3.8) is 0 Å². The van der Waals surface area contributed by atoms with E-state index in [0.717, 1.165) is 37.0 Å². The summed E-state index contributed by atoms with van der Waals surface area (Å²) in [5.74, 6) is 1.21. The van der Waals surface area contributed by atoms with Crippen LogP contribution < -0.4 is 0 Å². The standard InChI is InChI=1S/C32H56N4O.ClH/c1-6-7-8-9-10-11-12-13-14-15-16-17-18-19-20-22-31-33-29-27-28(32(37)35(4)5)23-24-30(29)36(31)26-21-25-34(2)3;/h23-24,27H,6-22,25-26H2,1-5H3;1H. The Bertz CT molecular complexity index is 893. The third kappa shape index (κ3) is 13.0. The van der Waals surface area contributed by atoms with E-state index in [4.69, 9.17) is 4.98 Å². The monoisotopic (exact) mass is 548 g/mol. The summed E-state index contributed by atoms with van der Waals surface area (Å²) in [6, 6.07) is 6.01. The molecule has 0 radical (unpaired) electrons. The number of benzene rings is 1. The van der Waals surface area contributed by atoms with Gasteiger partial charge in [-0.1, -0.05) is 96.8 Å². The molecule has 1 heterocycles. The summed E-state index contributed by atoms with van der Waals surface area (Å²) in [5, 5.41) is 0. The predicted octanol–water partition coefficient (Wildman–Crippen LogP) is 8.53. The number of amides is 1. The van der Waals surface area contributed by atoms with Crippen molar-refractivity contribution >= 4 is 29.3 Å². The van der Waals surface area contributed by atoms with Gasteiger partial charge in [-0.3, -0.25) is 4.79 Å². The molecule has 0 aliphatic heterocycles. The lowest BCUT2D eigenvalue weighted by Crippen LogP contribution is -2.21. The number of nitrogens with zero attached hydrogens (tertiary/aromatic N) is 4. The summed E-state index contributed by atoms with van der Waals surface area (Å²) in [4.78, 5) is 21.3. The molecule has 1 amide bonds. The van der Waals surface area contributed by atoms with Crippen LogP contribution in [-0.2, 0) is 13.0 Å². The number of rotatable bonds is 21. The number of hydrogen-bond donors (Lipinski definition) is 0. The first kappa shape index (κ1) is 34.4. The predicted molar refractivity (Wildman–Crippen MR) is 167 cm³/mol. The van der Waals surface area contributed by atoms with Crippen molar-refractivity contribution < 1.29 is 4.79 Å². The molecule has 2 rings (SSSR count). The molecule has 0 unspecified atom stereocenters. The fraction of sp³-hybridized carbons (Fsp3) is 0.750. The highest BCUT2D eigenvalue weighted by Gasteiger charge is 2.14. The van der Waals surface area contributed by atoms with Crippen LogP contribution in [0.1, 0.15) is 126 Å². The Hall–Kier alpha value is -1.59.